The molecule has 3 rings (SSSR count). The molecule has 0 spiro atoms. The molecule has 2 aliphatic rings. The first-order chi connectivity index (χ1) is 10.6. The molecule has 1 aliphatic heterocycles. The molecular weight excluding hydrogens is 278 g/mol. The summed E-state index contributed by atoms with van der Waals surface area (Å²) in [6, 6.07) is 6.77. The van der Waals surface area contributed by atoms with Crippen LogP contribution in [0.3, 0.4) is 0 Å². The Labute approximate surface area is 133 Å². The molecule has 1 N–H and O–H groups in total. The van der Waals surface area contributed by atoms with Crippen LogP contribution in [0.4, 0.5) is 0 Å². The predicted molar refractivity (Wildman–Crippen MR) is 86.7 cm³/mol. The minimum Gasteiger partial charge on any atom is -0.493 e. The van der Waals surface area contributed by atoms with Gasteiger partial charge in [0.25, 0.3) is 0 Å². The van der Waals surface area contributed by atoms with Crippen molar-refractivity contribution in [3.8, 4) is 11.5 Å². The smallest absolute Gasteiger partial charge is 0.161 e. The van der Waals surface area contributed by atoms with E-state index in [2.05, 4.69) is 24.0 Å². The van der Waals surface area contributed by atoms with Crippen molar-refractivity contribution in [2.24, 2.45) is 0 Å². The van der Waals surface area contributed by atoms with Gasteiger partial charge in [-0.05, 0) is 56.5 Å². The zero-order valence-corrected chi connectivity index (χ0v) is 13.8. The SMILES string of the molecule is CCN1CC[C@]2(c3ccc(OC)c(OC)c3)CC[C@H](O)C[C@H]12. The van der Waals surface area contributed by atoms with Gasteiger partial charge in [-0.2, -0.15) is 0 Å². The van der Waals surface area contributed by atoms with E-state index in [1.807, 2.05) is 6.07 Å². The van der Waals surface area contributed by atoms with E-state index in [0.29, 0.717) is 6.04 Å². The Bertz CT molecular complexity index is 533. The highest BCUT2D eigenvalue weighted by Crippen LogP contribution is 2.50. The van der Waals surface area contributed by atoms with Crippen LogP contribution in [0.15, 0.2) is 18.2 Å². The Hall–Kier alpha value is -1.26. The monoisotopic (exact) mass is 305 g/mol. The summed E-state index contributed by atoms with van der Waals surface area (Å²) < 4.78 is 10.9. The van der Waals surface area contributed by atoms with Gasteiger partial charge in [-0.1, -0.05) is 13.0 Å². The highest BCUT2D eigenvalue weighted by Gasteiger charge is 2.50. The van der Waals surface area contributed by atoms with Gasteiger partial charge in [0.05, 0.1) is 20.3 Å². The third-order valence-electron chi connectivity index (χ3n) is 5.71. The van der Waals surface area contributed by atoms with E-state index in [1.165, 1.54) is 5.56 Å². The maximum absolute atomic E-state index is 10.1. The molecule has 1 saturated heterocycles. The van der Waals surface area contributed by atoms with Crippen LogP contribution in [-0.2, 0) is 5.41 Å². The lowest BCUT2D eigenvalue weighted by Crippen LogP contribution is -2.48. The van der Waals surface area contributed by atoms with E-state index in [9.17, 15) is 5.11 Å². The molecule has 0 bridgehead atoms. The minimum absolute atomic E-state index is 0.148. The average molecular weight is 305 g/mol. The van der Waals surface area contributed by atoms with E-state index < -0.39 is 0 Å². The van der Waals surface area contributed by atoms with E-state index in [4.69, 9.17) is 9.47 Å². The summed E-state index contributed by atoms with van der Waals surface area (Å²) >= 11 is 0. The molecule has 1 saturated carbocycles. The van der Waals surface area contributed by atoms with Crippen molar-refractivity contribution >= 4 is 0 Å². The third-order valence-corrected chi connectivity index (χ3v) is 5.71. The van der Waals surface area contributed by atoms with Crippen molar-refractivity contribution in [1.29, 1.82) is 0 Å². The van der Waals surface area contributed by atoms with Crippen LogP contribution in [-0.4, -0.2) is 49.5 Å². The zero-order chi connectivity index (χ0) is 15.7. The molecule has 0 aromatic heterocycles. The van der Waals surface area contributed by atoms with Gasteiger partial charge in [-0.3, -0.25) is 4.90 Å². The number of rotatable bonds is 4. The normalized spacial score (nSPS) is 31.8. The summed E-state index contributed by atoms with van der Waals surface area (Å²) in [5.41, 5.74) is 1.48. The standard InChI is InChI=1S/C18H27NO3/c1-4-19-10-9-18(8-7-14(20)12-17(18)19)13-5-6-15(21-2)16(11-13)22-3/h5-6,11,14,17,20H,4,7-10,12H2,1-3H3/t14-,17-,18-/m0/s1. The molecule has 122 valence electrons. The summed E-state index contributed by atoms with van der Waals surface area (Å²) in [6.07, 6.45) is 3.81. The topological polar surface area (TPSA) is 41.9 Å². The molecule has 1 heterocycles. The van der Waals surface area contributed by atoms with Crippen molar-refractivity contribution < 1.29 is 14.6 Å². The molecule has 4 nitrogen and oxygen atoms in total. The highest BCUT2D eigenvalue weighted by molar-refractivity contribution is 5.46. The first-order valence-electron chi connectivity index (χ1n) is 8.29. The Balaban J connectivity index is 2.00. The second-order valence-corrected chi connectivity index (χ2v) is 6.55. The fraction of sp³-hybridized carbons (Fsp3) is 0.667. The number of aliphatic hydroxyl groups excluding tert-OH is 1. The van der Waals surface area contributed by atoms with E-state index >= 15 is 0 Å². The molecule has 0 unspecified atom stereocenters. The van der Waals surface area contributed by atoms with Crippen LogP contribution in [0, 0.1) is 0 Å². The fourth-order valence-corrected chi connectivity index (χ4v) is 4.49. The molecule has 4 heteroatoms. The molecule has 0 radical (unpaired) electrons. The summed E-state index contributed by atoms with van der Waals surface area (Å²) in [5, 5.41) is 10.1. The van der Waals surface area contributed by atoms with Gasteiger partial charge >= 0.3 is 0 Å². The van der Waals surface area contributed by atoms with Crippen LogP contribution in [0.1, 0.15) is 38.2 Å². The lowest BCUT2D eigenvalue weighted by molar-refractivity contribution is 0.0507. The van der Waals surface area contributed by atoms with Crippen molar-refractivity contribution in [2.75, 3.05) is 27.3 Å². The maximum atomic E-state index is 10.1. The largest absolute Gasteiger partial charge is 0.493 e. The Morgan fingerprint density at radius 1 is 1.23 bits per heavy atom. The number of hydrogen-bond acceptors (Lipinski definition) is 4. The molecule has 3 atom stereocenters. The van der Waals surface area contributed by atoms with Gasteiger partial charge in [0.2, 0.25) is 0 Å². The van der Waals surface area contributed by atoms with Crippen molar-refractivity contribution in [3.05, 3.63) is 23.8 Å². The molecule has 1 aromatic carbocycles. The lowest BCUT2D eigenvalue weighted by atomic mass is 9.65. The Morgan fingerprint density at radius 2 is 2.00 bits per heavy atom. The molecule has 1 aliphatic carbocycles. The van der Waals surface area contributed by atoms with Crippen LogP contribution < -0.4 is 9.47 Å². The highest BCUT2D eigenvalue weighted by atomic mass is 16.5. The van der Waals surface area contributed by atoms with Gasteiger partial charge in [-0.15, -0.1) is 0 Å². The first-order valence-corrected chi connectivity index (χ1v) is 8.29. The number of benzene rings is 1. The summed E-state index contributed by atoms with van der Waals surface area (Å²) in [6.45, 7) is 4.38. The first kappa shape index (κ1) is 15.6. The second kappa shape index (κ2) is 6.09. The number of likely N-dealkylation sites (N-methyl/N-ethyl adjacent to an activating group) is 1. The van der Waals surface area contributed by atoms with E-state index in [0.717, 1.165) is 50.3 Å². The van der Waals surface area contributed by atoms with Gasteiger partial charge < -0.3 is 14.6 Å². The van der Waals surface area contributed by atoms with Crippen molar-refractivity contribution in [3.63, 3.8) is 0 Å². The number of methoxy groups -OCH3 is 2. The maximum Gasteiger partial charge on any atom is 0.161 e. The van der Waals surface area contributed by atoms with E-state index in [1.54, 1.807) is 14.2 Å². The second-order valence-electron chi connectivity index (χ2n) is 6.55. The van der Waals surface area contributed by atoms with Crippen LogP contribution >= 0.6 is 0 Å². The average Bonchev–Trinajstić information content (AvgIpc) is 2.93. The van der Waals surface area contributed by atoms with E-state index in [-0.39, 0.29) is 11.5 Å². The number of nitrogens with zero attached hydrogens (tertiary/aromatic N) is 1. The minimum atomic E-state index is -0.162. The van der Waals surface area contributed by atoms with Gasteiger partial charge in [0, 0.05) is 11.5 Å². The molecule has 0 amide bonds. The molecular formula is C18H27NO3. The van der Waals surface area contributed by atoms with Gasteiger partial charge in [0.1, 0.15) is 0 Å². The molecule has 22 heavy (non-hydrogen) atoms. The number of fused-ring (bicyclic) bond motifs is 1. The van der Waals surface area contributed by atoms with Gasteiger partial charge in [0.15, 0.2) is 11.5 Å². The van der Waals surface area contributed by atoms with Crippen molar-refractivity contribution in [1.82, 2.24) is 4.90 Å². The van der Waals surface area contributed by atoms with Crippen LogP contribution in [0.25, 0.3) is 0 Å². The number of likely N-dealkylation sites (tertiary alicyclic amines) is 1. The number of ether oxygens (including phenoxy) is 2. The van der Waals surface area contributed by atoms with Crippen LogP contribution in [0.2, 0.25) is 0 Å². The number of hydrogen-bond donors (Lipinski definition) is 1. The van der Waals surface area contributed by atoms with Gasteiger partial charge in [-0.25, -0.2) is 0 Å². The summed E-state index contributed by atoms with van der Waals surface area (Å²) in [5.74, 6) is 1.58. The summed E-state index contributed by atoms with van der Waals surface area (Å²) in [7, 11) is 3.36. The Morgan fingerprint density at radius 3 is 2.68 bits per heavy atom. The van der Waals surface area contributed by atoms with Crippen molar-refractivity contribution in [2.45, 2.75) is 50.2 Å². The third kappa shape index (κ3) is 2.38. The summed E-state index contributed by atoms with van der Waals surface area (Å²) in [4.78, 5) is 2.53. The zero-order valence-electron chi connectivity index (χ0n) is 13.8. The number of aliphatic hydroxyl groups is 1. The molecule has 2 fully saturated rings. The lowest BCUT2D eigenvalue weighted by Gasteiger charge is -2.44. The predicted octanol–water partition coefficient (Wildman–Crippen LogP) is 2.58. The molecule has 1 aromatic rings. The fourth-order valence-electron chi connectivity index (χ4n) is 4.49. The Kier molecular flexibility index (Phi) is 4.33. The van der Waals surface area contributed by atoms with Crippen LogP contribution in [0.5, 0.6) is 11.5 Å². The quantitative estimate of drug-likeness (QED) is 0.928.